The first-order chi connectivity index (χ1) is 5.66. The van der Waals surface area contributed by atoms with Crippen molar-refractivity contribution in [2.24, 2.45) is 5.73 Å². The standard InChI is InChI=1S/C8H16N4/c1-6(2)12-5-10-11-8(12)7(3)4-9/h5-7H,4,9H2,1-3H3. The van der Waals surface area contributed by atoms with Crippen LogP contribution in [0.3, 0.4) is 0 Å². The number of nitrogens with two attached hydrogens (primary N) is 1. The zero-order valence-electron chi connectivity index (χ0n) is 7.86. The van der Waals surface area contributed by atoms with Gasteiger partial charge in [0.05, 0.1) is 0 Å². The first kappa shape index (κ1) is 9.19. The molecule has 0 spiro atoms. The van der Waals surface area contributed by atoms with Crippen LogP contribution in [0.4, 0.5) is 0 Å². The lowest BCUT2D eigenvalue weighted by Gasteiger charge is -2.13. The first-order valence-electron chi connectivity index (χ1n) is 4.26. The van der Waals surface area contributed by atoms with Crippen molar-refractivity contribution in [2.45, 2.75) is 32.7 Å². The van der Waals surface area contributed by atoms with Gasteiger partial charge in [-0.2, -0.15) is 0 Å². The Morgan fingerprint density at radius 3 is 2.67 bits per heavy atom. The van der Waals surface area contributed by atoms with Crippen LogP contribution in [0.15, 0.2) is 6.33 Å². The molecule has 0 aliphatic heterocycles. The van der Waals surface area contributed by atoms with E-state index in [0.717, 1.165) is 5.82 Å². The monoisotopic (exact) mass is 168 g/mol. The van der Waals surface area contributed by atoms with Crippen LogP contribution in [-0.4, -0.2) is 21.3 Å². The van der Waals surface area contributed by atoms with E-state index in [2.05, 4.69) is 35.5 Å². The Bertz CT molecular complexity index is 241. The second-order valence-corrected chi connectivity index (χ2v) is 3.33. The van der Waals surface area contributed by atoms with Gasteiger partial charge in [-0.3, -0.25) is 0 Å². The lowest BCUT2D eigenvalue weighted by atomic mass is 10.1. The van der Waals surface area contributed by atoms with E-state index in [9.17, 15) is 0 Å². The van der Waals surface area contributed by atoms with Crippen molar-refractivity contribution in [1.29, 1.82) is 0 Å². The van der Waals surface area contributed by atoms with Crippen molar-refractivity contribution >= 4 is 0 Å². The zero-order valence-corrected chi connectivity index (χ0v) is 7.86. The molecule has 0 saturated carbocycles. The number of hydrogen-bond acceptors (Lipinski definition) is 3. The minimum Gasteiger partial charge on any atom is -0.330 e. The Morgan fingerprint density at radius 1 is 1.50 bits per heavy atom. The summed E-state index contributed by atoms with van der Waals surface area (Å²) in [6.45, 7) is 6.89. The van der Waals surface area contributed by atoms with Gasteiger partial charge >= 0.3 is 0 Å². The molecule has 0 radical (unpaired) electrons. The van der Waals surface area contributed by atoms with E-state index >= 15 is 0 Å². The molecule has 1 heterocycles. The van der Waals surface area contributed by atoms with Crippen LogP contribution in [-0.2, 0) is 0 Å². The van der Waals surface area contributed by atoms with Crippen molar-refractivity contribution in [3.63, 3.8) is 0 Å². The maximum atomic E-state index is 5.55. The molecule has 1 aromatic rings. The Kier molecular flexibility index (Phi) is 2.81. The molecule has 1 aromatic heterocycles. The Balaban J connectivity index is 2.91. The summed E-state index contributed by atoms with van der Waals surface area (Å²) in [4.78, 5) is 0. The fourth-order valence-corrected chi connectivity index (χ4v) is 1.11. The van der Waals surface area contributed by atoms with Gasteiger partial charge in [-0.1, -0.05) is 6.92 Å². The third kappa shape index (κ3) is 1.64. The van der Waals surface area contributed by atoms with Gasteiger partial charge in [0.1, 0.15) is 12.2 Å². The van der Waals surface area contributed by atoms with Crippen LogP contribution in [0.5, 0.6) is 0 Å². The van der Waals surface area contributed by atoms with Crippen molar-refractivity contribution < 1.29 is 0 Å². The van der Waals surface area contributed by atoms with E-state index in [1.807, 2.05) is 0 Å². The van der Waals surface area contributed by atoms with Crippen LogP contribution in [0, 0.1) is 0 Å². The number of aromatic nitrogens is 3. The third-order valence-electron chi connectivity index (χ3n) is 1.95. The quantitative estimate of drug-likeness (QED) is 0.730. The number of nitrogens with zero attached hydrogens (tertiary/aromatic N) is 3. The predicted molar refractivity (Wildman–Crippen MR) is 47.9 cm³/mol. The van der Waals surface area contributed by atoms with Gasteiger partial charge in [0.15, 0.2) is 0 Å². The summed E-state index contributed by atoms with van der Waals surface area (Å²) < 4.78 is 2.05. The highest BCUT2D eigenvalue weighted by Gasteiger charge is 2.12. The van der Waals surface area contributed by atoms with Gasteiger partial charge in [0.2, 0.25) is 0 Å². The molecule has 68 valence electrons. The number of hydrogen-bond donors (Lipinski definition) is 1. The van der Waals surface area contributed by atoms with E-state index in [4.69, 9.17) is 5.73 Å². The topological polar surface area (TPSA) is 56.7 Å². The molecule has 12 heavy (non-hydrogen) atoms. The van der Waals surface area contributed by atoms with Crippen molar-refractivity contribution in [3.8, 4) is 0 Å². The maximum Gasteiger partial charge on any atom is 0.137 e. The second-order valence-electron chi connectivity index (χ2n) is 3.33. The molecule has 1 unspecified atom stereocenters. The second kappa shape index (κ2) is 3.67. The van der Waals surface area contributed by atoms with Crippen molar-refractivity contribution in [2.75, 3.05) is 6.54 Å². The summed E-state index contributed by atoms with van der Waals surface area (Å²) >= 11 is 0. The first-order valence-corrected chi connectivity index (χ1v) is 4.26. The average molecular weight is 168 g/mol. The minimum absolute atomic E-state index is 0.287. The molecular formula is C8H16N4. The third-order valence-corrected chi connectivity index (χ3v) is 1.95. The summed E-state index contributed by atoms with van der Waals surface area (Å²) in [5, 5.41) is 7.91. The van der Waals surface area contributed by atoms with Gasteiger partial charge in [0.25, 0.3) is 0 Å². The SMILES string of the molecule is CC(CN)c1nncn1C(C)C. The molecule has 4 heteroatoms. The normalized spacial score (nSPS) is 13.8. The molecular weight excluding hydrogens is 152 g/mol. The lowest BCUT2D eigenvalue weighted by Crippen LogP contribution is -2.15. The molecule has 1 rings (SSSR count). The molecule has 4 nitrogen and oxygen atoms in total. The minimum atomic E-state index is 0.287. The fourth-order valence-electron chi connectivity index (χ4n) is 1.11. The van der Waals surface area contributed by atoms with Crippen LogP contribution >= 0.6 is 0 Å². The zero-order chi connectivity index (χ0) is 9.14. The average Bonchev–Trinajstić information content (AvgIpc) is 2.50. The highest BCUT2D eigenvalue weighted by Crippen LogP contribution is 2.14. The van der Waals surface area contributed by atoms with Crippen molar-refractivity contribution in [1.82, 2.24) is 14.8 Å². The molecule has 0 aliphatic carbocycles. The van der Waals surface area contributed by atoms with Gasteiger partial charge in [-0.25, -0.2) is 0 Å². The van der Waals surface area contributed by atoms with Crippen LogP contribution in [0.2, 0.25) is 0 Å². The van der Waals surface area contributed by atoms with Crippen LogP contribution < -0.4 is 5.73 Å². The van der Waals surface area contributed by atoms with Gasteiger partial charge < -0.3 is 10.3 Å². The van der Waals surface area contributed by atoms with Crippen LogP contribution in [0.1, 0.15) is 38.6 Å². The molecule has 2 N–H and O–H groups in total. The summed E-state index contributed by atoms with van der Waals surface area (Å²) in [7, 11) is 0. The van der Waals surface area contributed by atoms with Crippen LogP contribution in [0.25, 0.3) is 0 Å². The van der Waals surface area contributed by atoms with E-state index in [1.165, 1.54) is 0 Å². The Labute approximate surface area is 72.8 Å². The van der Waals surface area contributed by atoms with Gasteiger partial charge in [-0.15, -0.1) is 10.2 Å². The molecule has 0 fully saturated rings. The summed E-state index contributed by atoms with van der Waals surface area (Å²) in [5.74, 6) is 1.27. The lowest BCUT2D eigenvalue weighted by molar-refractivity contribution is 0.540. The molecule has 0 aromatic carbocycles. The largest absolute Gasteiger partial charge is 0.330 e. The highest BCUT2D eigenvalue weighted by molar-refractivity contribution is 4.96. The smallest absolute Gasteiger partial charge is 0.137 e. The Morgan fingerprint density at radius 2 is 2.17 bits per heavy atom. The van der Waals surface area contributed by atoms with E-state index < -0.39 is 0 Å². The summed E-state index contributed by atoms with van der Waals surface area (Å²) in [5.41, 5.74) is 5.55. The molecule has 0 amide bonds. The fraction of sp³-hybridized carbons (Fsp3) is 0.750. The Hall–Kier alpha value is -0.900. The van der Waals surface area contributed by atoms with Gasteiger partial charge in [-0.05, 0) is 13.8 Å². The predicted octanol–water partition coefficient (Wildman–Crippen LogP) is 0.921. The summed E-state index contributed by atoms with van der Waals surface area (Å²) in [6, 6.07) is 0.406. The molecule has 0 saturated heterocycles. The van der Waals surface area contributed by atoms with E-state index in [-0.39, 0.29) is 5.92 Å². The maximum absolute atomic E-state index is 5.55. The van der Waals surface area contributed by atoms with E-state index in [1.54, 1.807) is 6.33 Å². The molecule has 1 atom stereocenters. The highest BCUT2D eigenvalue weighted by atomic mass is 15.3. The van der Waals surface area contributed by atoms with Crippen molar-refractivity contribution in [3.05, 3.63) is 12.2 Å². The van der Waals surface area contributed by atoms with E-state index in [0.29, 0.717) is 12.6 Å². The molecule has 0 aliphatic rings. The van der Waals surface area contributed by atoms with Gasteiger partial charge in [0, 0.05) is 18.5 Å². The molecule has 0 bridgehead atoms. The number of rotatable bonds is 3. The summed E-state index contributed by atoms with van der Waals surface area (Å²) in [6.07, 6.45) is 1.76.